The summed E-state index contributed by atoms with van der Waals surface area (Å²) in [5.74, 6) is -0.982. The van der Waals surface area contributed by atoms with Gasteiger partial charge in [-0.2, -0.15) is 5.26 Å². The second-order valence-corrected chi connectivity index (χ2v) is 8.12. The average molecular weight is 466 g/mol. The van der Waals surface area contributed by atoms with Gasteiger partial charge in [0.25, 0.3) is 17.4 Å². The molecule has 174 valence electrons. The molecule has 0 spiro atoms. The Morgan fingerprint density at radius 1 is 1.03 bits per heavy atom. The number of carbonyl (C=O) groups excluding carboxylic acids is 2. The molecule has 0 radical (unpaired) electrons. The van der Waals surface area contributed by atoms with Crippen LogP contribution in [0.5, 0.6) is 0 Å². The second kappa shape index (κ2) is 10.0. The summed E-state index contributed by atoms with van der Waals surface area (Å²) in [7, 11) is 0. The van der Waals surface area contributed by atoms with E-state index in [2.05, 4.69) is 26.7 Å². The quantitative estimate of drug-likeness (QED) is 0.378. The van der Waals surface area contributed by atoms with Gasteiger partial charge in [-0.1, -0.05) is 25.1 Å². The van der Waals surface area contributed by atoms with Gasteiger partial charge >= 0.3 is 0 Å². The van der Waals surface area contributed by atoms with Gasteiger partial charge in [0, 0.05) is 22.5 Å². The van der Waals surface area contributed by atoms with Gasteiger partial charge in [-0.25, -0.2) is 4.98 Å². The van der Waals surface area contributed by atoms with E-state index in [0.29, 0.717) is 39.8 Å². The molecule has 1 heterocycles. The van der Waals surface area contributed by atoms with Crippen LogP contribution in [0.1, 0.15) is 51.1 Å². The van der Waals surface area contributed by atoms with Gasteiger partial charge in [0.2, 0.25) is 0 Å². The number of benzene rings is 3. The van der Waals surface area contributed by atoms with Crippen LogP contribution in [-0.2, 0) is 0 Å². The molecule has 3 N–H and O–H groups in total. The highest BCUT2D eigenvalue weighted by molar-refractivity contribution is 6.08. The third kappa shape index (κ3) is 5.09. The maximum Gasteiger partial charge on any atom is 0.258 e. The molecule has 0 fully saturated rings. The summed E-state index contributed by atoms with van der Waals surface area (Å²) in [6.07, 6.45) is 1.97. The monoisotopic (exact) mass is 465 g/mol. The van der Waals surface area contributed by atoms with E-state index in [1.807, 2.05) is 19.9 Å². The summed E-state index contributed by atoms with van der Waals surface area (Å²) in [6.45, 7) is 3.77. The van der Waals surface area contributed by atoms with Crippen molar-refractivity contribution >= 4 is 34.1 Å². The predicted octanol–water partition coefficient (Wildman–Crippen LogP) is 4.75. The van der Waals surface area contributed by atoms with Crippen LogP contribution in [-0.4, -0.2) is 21.8 Å². The van der Waals surface area contributed by atoms with Crippen molar-refractivity contribution in [1.29, 1.82) is 5.26 Å². The number of anilines is 2. The number of nitrogens with zero attached hydrogens (tertiary/aromatic N) is 2. The summed E-state index contributed by atoms with van der Waals surface area (Å²) in [4.78, 5) is 44.3. The molecule has 2 amide bonds. The Bertz CT molecular complexity index is 1530. The van der Waals surface area contributed by atoms with Gasteiger partial charge in [0.05, 0.1) is 29.2 Å². The van der Waals surface area contributed by atoms with Gasteiger partial charge in [-0.15, -0.1) is 0 Å². The van der Waals surface area contributed by atoms with Crippen molar-refractivity contribution in [3.05, 3.63) is 99.6 Å². The molecule has 1 unspecified atom stereocenters. The standard InChI is InChI=1S/C27H23N5O3/c1-3-17(14-28)18-5-4-6-19(11-18)25(33)31-21-9-7-16(2)24(13-21)32-26(34)20-8-10-23-22(12-20)27(35)30-15-29-23/h4-13,15,17H,3H2,1-2H3,(H,31,33)(H,32,34)(H,29,30,35). The van der Waals surface area contributed by atoms with Crippen molar-refractivity contribution in [2.24, 2.45) is 0 Å². The smallest absolute Gasteiger partial charge is 0.258 e. The molecule has 0 saturated heterocycles. The molecule has 8 heteroatoms. The number of carbonyl (C=O) groups is 2. The van der Waals surface area contributed by atoms with Crippen LogP contribution in [0.25, 0.3) is 10.9 Å². The van der Waals surface area contributed by atoms with Crippen LogP contribution in [0.4, 0.5) is 11.4 Å². The lowest BCUT2D eigenvalue weighted by Crippen LogP contribution is -2.15. The first-order valence-corrected chi connectivity index (χ1v) is 11.1. The Kier molecular flexibility index (Phi) is 6.69. The van der Waals surface area contributed by atoms with Gasteiger partial charge in [-0.3, -0.25) is 14.4 Å². The molecule has 0 aliphatic heterocycles. The Balaban J connectivity index is 1.53. The van der Waals surface area contributed by atoms with Crippen LogP contribution in [0, 0.1) is 18.3 Å². The topological polar surface area (TPSA) is 128 Å². The minimum absolute atomic E-state index is 0.273. The average Bonchev–Trinajstić information content (AvgIpc) is 2.87. The molecule has 0 aliphatic carbocycles. The van der Waals surface area contributed by atoms with E-state index in [4.69, 9.17) is 0 Å². The van der Waals surface area contributed by atoms with Crippen molar-refractivity contribution in [1.82, 2.24) is 9.97 Å². The Morgan fingerprint density at radius 2 is 1.80 bits per heavy atom. The fourth-order valence-electron chi connectivity index (χ4n) is 3.74. The summed E-state index contributed by atoms with van der Waals surface area (Å²) in [5.41, 5.74) is 3.55. The molecule has 0 bridgehead atoms. The summed E-state index contributed by atoms with van der Waals surface area (Å²) in [5, 5.41) is 15.3. The lowest BCUT2D eigenvalue weighted by Gasteiger charge is -2.13. The number of aromatic nitrogens is 2. The first kappa shape index (κ1) is 23.4. The molecule has 3 aromatic carbocycles. The lowest BCUT2D eigenvalue weighted by atomic mass is 9.96. The number of hydrogen-bond donors (Lipinski definition) is 3. The van der Waals surface area contributed by atoms with E-state index in [1.54, 1.807) is 48.5 Å². The van der Waals surface area contributed by atoms with Crippen LogP contribution in [0.15, 0.2) is 71.8 Å². The van der Waals surface area contributed by atoms with Gasteiger partial charge in [0.15, 0.2) is 0 Å². The van der Waals surface area contributed by atoms with E-state index in [1.165, 1.54) is 12.4 Å². The van der Waals surface area contributed by atoms with E-state index < -0.39 is 5.91 Å². The number of hydrogen-bond acceptors (Lipinski definition) is 5. The predicted molar refractivity (Wildman–Crippen MR) is 135 cm³/mol. The summed E-state index contributed by atoms with van der Waals surface area (Å²) >= 11 is 0. The Morgan fingerprint density at radius 3 is 2.57 bits per heavy atom. The van der Waals surface area contributed by atoms with E-state index in [-0.39, 0.29) is 17.4 Å². The first-order chi connectivity index (χ1) is 16.9. The number of nitriles is 1. The maximum absolute atomic E-state index is 12.9. The molecule has 0 saturated carbocycles. The number of aromatic amines is 1. The molecular weight excluding hydrogens is 442 g/mol. The zero-order valence-corrected chi connectivity index (χ0v) is 19.3. The fraction of sp³-hybridized carbons (Fsp3) is 0.148. The SMILES string of the molecule is CCC(C#N)c1cccc(C(=O)Nc2ccc(C)c(NC(=O)c3ccc4nc[nH]c(=O)c4c3)c2)c1. The summed E-state index contributed by atoms with van der Waals surface area (Å²) in [6, 6.07) is 19.2. The van der Waals surface area contributed by atoms with E-state index in [0.717, 1.165) is 11.1 Å². The zero-order valence-electron chi connectivity index (χ0n) is 19.3. The molecule has 8 nitrogen and oxygen atoms in total. The third-order valence-corrected chi connectivity index (χ3v) is 5.76. The second-order valence-electron chi connectivity index (χ2n) is 8.12. The van der Waals surface area contributed by atoms with E-state index >= 15 is 0 Å². The van der Waals surface area contributed by atoms with E-state index in [9.17, 15) is 19.6 Å². The minimum atomic E-state index is -0.392. The first-order valence-electron chi connectivity index (χ1n) is 11.1. The van der Waals surface area contributed by atoms with Crippen molar-refractivity contribution in [2.45, 2.75) is 26.2 Å². The number of nitrogens with one attached hydrogen (secondary N) is 3. The van der Waals surface area contributed by atoms with Crippen molar-refractivity contribution in [3.8, 4) is 6.07 Å². The molecule has 1 aromatic heterocycles. The third-order valence-electron chi connectivity index (χ3n) is 5.76. The molecule has 1 atom stereocenters. The van der Waals surface area contributed by atoms with Crippen molar-refractivity contribution in [3.63, 3.8) is 0 Å². The van der Waals surface area contributed by atoms with Gasteiger partial charge in [-0.05, 0) is 66.9 Å². The molecule has 4 rings (SSSR count). The molecular formula is C27H23N5O3. The molecule has 0 aliphatic rings. The number of rotatable bonds is 6. The van der Waals surface area contributed by atoms with Crippen LogP contribution >= 0.6 is 0 Å². The number of aryl methyl sites for hydroxylation is 1. The minimum Gasteiger partial charge on any atom is -0.322 e. The highest BCUT2D eigenvalue weighted by Gasteiger charge is 2.14. The van der Waals surface area contributed by atoms with Crippen LogP contribution in [0.2, 0.25) is 0 Å². The zero-order chi connectivity index (χ0) is 24.9. The number of amides is 2. The highest BCUT2D eigenvalue weighted by atomic mass is 16.2. The largest absolute Gasteiger partial charge is 0.322 e. The number of H-pyrrole nitrogens is 1. The lowest BCUT2D eigenvalue weighted by molar-refractivity contribution is 0.101. The highest BCUT2D eigenvalue weighted by Crippen LogP contribution is 2.23. The van der Waals surface area contributed by atoms with Crippen molar-refractivity contribution < 1.29 is 9.59 Å². The normalized spacial score (nSPS) is 11.5. The molecule has 4 aromatic rings. The fourth-order valence-corrected chi connectivity index (χ4v) is 3.74. The Hall–Kier alpha value is -4.77. The maximum atomic E-state index is 12.9. The van der Waals surface area contributed by atoms with Gasteiger partial charge < -0.3 is 15.6 Å². The van der Waals surface area contributed by atoms with Gasteiger partial charge in [0.1, 0.15) is 0 Å². The van der Waals surface area contributed by atoms with Crippen LogP contribution in [0.3, 0.4) is 0 Å². The summed E-state index contributed by atoms with van der Waals surface area (Å²) < 4.78 is 0. The number of fused-ring (bicyclic) bond motifs is 1. The molecule has 35 heavy (non-hydrogen) atoms. The Labute approximate surface area is 201 Å². The van der Waals surface area contributed by atoms with Crippen LogP contribution < -0.4 is 16.2 Å². The van der Waals surface area contributed by atoms with Crippen molar-refractivity contribution in [2.75, 3.05) is 10.6 Å².